The Balaban J connectivity index is 4.34. The quantitative estimate of drug-likeness (QED) is 0.345. The van der Waals surface area contributed by atoms with Gasteiger partial charge in [0.1, 0.15) is 0 Å². The van der Waals surface area contributed by atoms with Crippen molar-refractivity contribution in [1.29, 1.82) is 0 Å². The van der Waals surface area contributed by atoms with E-state index < -0.39 is 37.2 Å². The molecule has 0 spiro atoms. The van der Waals surface area contributed by atoms with Crippen molar-refractivity contribution in [3.8, 4) is 0 Å². The number of esters is 1. The summed E-state index contributed by atoms with van der Waals surface area (Å²) in [5, 5.41) is -1.26. The third kappa shape index (κ3) is 9.59. The van der Waals surface area contributed by atoms with Crippen LogP contribution in [0.4, 0.5) is 0 Å². The van der Waals surface area contributed by atoms with Gasteiger partial charge in [-0.2, -0.15) is 16.8 Å². The van der Waals surface area contributed by atoms with Gasteiger partial charge in [0.25, 0.3) is 20.2 Å². The fourth-order valence-electron chi connectivity index (χ4n) is 1.29. The van der Waals surface area contributed by atoms with Crippen molar-refractivity contribution < 1.29 is 35.5 Å². The van der Waals surface area contributed by atoms with E-state index in [1.54, 1.807) is 0 Å². The molecular weight excluding hydrogens is 300 g/mol. The van der Waals surface area contributed by atoms with Crippen LogP contribution in [0.5, 0.6) is 0 Å². The molecule has 10 heteroatoms. The average molecular weight is 316 g/mol. The van der Waals surface area contributed by atoms with E-state index in [9.17, 15) is 21.6 Å². The Kier molecular flexibility index (Phi) is 7.19. The van der Waals surface area contributed by atoms with Crippen molar-refractivity contribution in [3.05, 3.63) is 12.7 Å². The van der Waals surface area contributed by atoms with E-state index in [2.05, 4.69) is 11.3 Å². The summed E-state index contributed by atoms with van der Waals surface area (Å²) in [6, 6.07) is 0. The van der Waals surface area contributed by atoms with Crippen LogP contribution in [0.25, 0.3) is 0 Å². The molecule has 1 unspecified atom stereocenters. The molecule has 0 aromatic carbocycles. The molecule has 0 rings (SSSR count). The number of ether oxygens (including phenoxy) is 1. The predicted octanol–water partition coefficient (Wildman–Crippen LogP) is 0.0301. The Hall–Kier alpha value is -0.970. The molecule has 112 valence electrons. The zero-order valence-corrected chi connectivity index (χ0v) is 11.7. The highest BCUT2D eigenvalue weighted by atomic mass is 32.2. The maximum atomic E-state index is 11.0. The van der Waals surface area contributed by atoms with Gasteiger partial charge in [-0.25, -0.2) is 4.79 Å². The fourth-order valence-corrected chi connectivity index (χ4v) is 2.68. The van der Waals surface area contributed by atoms with Crippen molar-refractivity contribution in [3.63, 3.8) is 0 Å². The van der Waals surface area contributed by atoms with Crippen LogP contribution in [0.2, 0.25) is 0 Å². The SMILES string of the molecule is C=CC(=O)OCCC(CCCS(=O)(=O)O)S(=O)(=O)O. The second-order valence-electron chi connectivity index (χ2n) is 3.73. The molecule has 0 aliphatic rings. The van der Waals surface area contributed by atoms with Gasteiger partial charge in [-0.15, -0.1) is 0 Å². The summed E-state index contributed by atoms with van der Waals surface area (Å²) in [4.78, 5) is 10.7. The molecule has 0 aromatic heterocycles. The third-order valence-electron chi connectivity index (χ3n) is 2.20. The largest absolute Gasteiger partial charge is 0.462 e. The predicted molar refractivity (Wildman–Crippen MR) is 66.8 cm³/mol. The minimum atomic E-state index is -4.38. The molecule has 0 aromatic rings. The first-order valence-electron chi connectivity index (χ1n) is 5.27. The molecule has 0 bridgehead atoms. The Bertz CT molecular complexity index is 504. The summed E-state index contributed by atoms with van der Waals surface area (Å²) in [5.41, 5.74) is 0. The van der Waals surface area contributed by atoms with Crippen LogP contribution >= 0.6 is 0 Å². The summed E-state index contributed by atoms with van der Waals surface area (Å²) in [7, 11) is -8.56. The second-order valence-corrected chi connectivity index (χ2v) is 6.99. The van der Waals surface area contributed by atoms with E-state index in [4.69, 9.17) is 9.11 Å². The van der Waals surface area contributed by atoms with E-state index in [0.29, 0.717) is 0 Å². The average Bonchev–Trinajstić information content (AvgIpc) is 2.23. The number of carbonyl (C=O) groups excluding carboxylic acids is 1. The van der Waals surface area contributed by atoms with Crippen molar-refractivity contribution >= 4 is 26.2 Å². The van der Waals surface area contributed by atoms with Crippen LogP contribution in [0, 0.1) is 0 Å². The van der Waals surface area contributed by atoms with Crippen molar-refractivity contribution in [2.75, 3.05) is 12.4 Å². The molecular formula is C9H16O8S2. The van der Waals surface area contributed by atoms with Gasteiger partial charge >= 0.3 is 5.97 Å². The first-order valence-corrected chi connectivity index (χ1v) is 8.38. The molecule has 0 saturated carbocycles. The van der Waals surface area contributed by atoms with E-state index in [1.807, 2.05) is 0 Å². The van der Waals surface area contributed by atoms with E-state index in [0.717, 1.165) is 6.08 Å². The van der Waals surface area contributed by atoms with Gasteiger partial charge in [-0.05, 0) is 12.8 Å². The molecule has 2 N–H and O–H groups in total. The molecule has 0 fully saturated rings. The van der Waals surface area contributed by atoms with Crippen molar-refractivity contribution in [2.24, 2.45) is 0 Å². The van der Waals surface area contributed by atoms with Crippen LogP contribution in [0.15, 0.2) is 12.7 Å². The van der Waals surface area contributed by atoms with Gasteiger partial charge in [0.05, 0.1) is 17.6 Å². The standard InChI is InChI=1S/C9H16O8S2/c1-2-9(10)17-6-5-8(19(14,15)16)4-3-7-18(11,12)13/h2,8H,1,3-7H2,(H,11,12,13)(H,14,15,16). The van der Waals surface area contributed by atoms with Gasteiger partial charge in [0.2, 0.25) is 0 Å². The highest BCUT2D eigenvalue weighted by Crippen LogP contribution is 2.12. The first-order chi connectivity index (χ1) is 8.56. The van der Waals surface area contributed by atoms with Crippen molar-refractivity contribution in [1.82, 2.24) is 0 Å². The number of rotatable bonds is 9. The maximum Gasteiger partial charge on any atom is 0.330 e. The molecule has 1 atom stereocenters. The van der Waals surface area contributed by atoms with E-state index in [1.165, 1.54) is 0 Å². The number of carbonyl (C=O) groups is 1. The lowest BCUT2D eigenvalue weighted by molar-refractivity contribution is -0.137. The lowest BCUT2D eigenvalue weighted by Gasteiger charge is -2.13. The van der Waals surface area contributed by atoms with Crippen LogP contribution in [-0.2, 0) is 29.8 Å². The molecule has 19 heavy (non-hydrogen) atoms. The van der Waals surface area contributed by atoms with Crippen LogP contribution in [0.3, 0.4) is 0 Å². The minimum absolute atomic E-state index is 0.140. The Morgan fingerprint density at radius 1 is 1.21 bits per heavy atom. The summed E-state index contributed by atoms with van der Waals surface area (Å²) >= 11 is 0. The maximum absolute atomic E-state index is 11.0. The third-order valence-corrected chi connectivity index (χ3v) is 4.32. The fraction of sp³-hybridized carbons (Fsp3) is 0.667. The van der Waals surface area contributed by atoms with Gasteiger partial charge < -0.3 is 4.74 Å². The first kappa shape index (κ1) is 18.0. The summed E-state index contributed by atoms with van der Waals surface area (Å²) in [6.07, 6.45) is 0.410. The Morgan fingerprint density at radius 3 is 2.21 bits per heavy atom. The van der Waals surface area contributed by atoms with Crippen LogP contribution < -0.4 is 0 Å². The lowest BCUT2D eigenvalue weighted by Crippen LogP contribution is -2.24. The highest BCUT2D eigenvalue weighted by molar-refractivity contribution is 7.86. The summed E-state index contributed by atoms with van der Waals surface area (Å²) in [5.74, 6) is -1.34. The lowest BCUT2D eigenvalue weighted by atomic mass is 10.2. The number of hydrogen-bond acceptors (Lipinski definition) is 6. The highest BCUT2D eigenvalue weighted by Gasteiger charge is 2.23. The monoisotopic (exact) mass is 316 g/mol. The van der Waals surface area contributed by atoms with Crippen molar-refractivity contribution in [2.45, 2.75) is 24.5 Å². The Morgan fingerprint density at radius 2 is 1.79 bits per heavy atom. The molecule has 8 nitrogen and oxygen atoms in total. The zero-order valence-electron chi connectivity index (χ0n) is 10.1. The van der Waals surface area contributed by atoms with Gasteiger partial charge in [0.15, 0.2) is 0 Å². The van der Waals surface area contributed by atoms with E-state index in [-0.39, 0.29) is 25.9 Å². The Labute approximate surface area is 112 Å². The summed E-state index contributed by atoms with van der Waals surface area (Å²) in [6.45, 7) is 2.90. The molecule has 0 aliphatic heterocycles. The molecule has 0 amide bonds. The second kappa shape index (κ2) is 7.58. The molecule has 0 heterocycles. The van der Waals surface area contributed by atoms with Gasteiger partial charge in [0, 0.05) is 12.5 Å². The zero-order chi connectivity index (χ0) is 15.1. The van der Waals surface area contributed by atoms with Crippen LogP contribution in [-0.4, -0.2) is 49.5 Å². The number of hydrogen-bond donors (Lipinski definition) is 2. The van der Waals surface area contributed by atoms with Gasteiger partial charge in [-0.1, -0.05) is 6.58 Å². The molecule has 0 radical (unpaired) electrons. The molecule has 0 saturated heterocycles. The van der Waals surface area contributed by atoms with E-state index >= 15 is 0 Å². The molecule has 0 aliphatic carbocycles. The normalized spacial score (nSPS) is 13.8. The summed E-state index contributed by atoms with van der Waals surface area (Å²) < 4.78 is 65.0. The smallest absolute Gasteiger partial charge is 0.330 e. The van der Waals surface area contributed by atoms with Gasteiger partial charge in [-0.3, -0.25) is 9.11 Å². The van der Waals surface area contributed by atoms with Crippen LogP contribution in [0.1, 0.15) is 19.3 Å². The topological polar surface area (TPSA) is 135 Å². The minimum Gasteiger partial charge on any atom is -0.462 e.